The fourth-order valence-corrected chi connectivity index (χ4v) is 1.25. The highest BCUT2D eigenvalue weighted by Crippen LogP contribution is 2.25. The zero-order valence-corrected chi connectivity index (χ0v) is 8.59. The van der Waals surface area contributed by atoms with Crippen LogP contribution in [0.25, 0.3) is 0 Å². The van der Waals surface area contributed by atoms with E-state index < -0.39 is 0 Å². The van der Waals surface area contributed by atoms with Crippen molar-refractivity contribution in [3.8, 4) is 0 Å². The Morgan fingerprint density at radius 1 is 1.54 bits per heavy atom. The lowest BCUT2D eigenvalue weighted by molar-refractivity contribution is -0.123. The fourth-order valence-electron chi connectivity index (χ4n) is 1.25. The Kier molecular flexibility index (Phi) is 2.96. The molecule has 0 saturated carbocycles. The first-order valence-electron chi connectivity index (χ1n) is 4.67. The fraction of sp³-hybridized carbons (Fsp3) is 0.700. The second kappa shape index (κ2) is 3.81. The van der Waals surface area contributed by atoms with Crippen LogP contribution in [-0.4, -0.2) is 18.0 Å². The summed E-state index contributed by atoms with van der Waals surface area (Å²) in [4.78, 5) is 11.5. The number of hydrogen-bond donors (Lipinski definition) is 0. The second-order valence-electron chi connectivity index (χ2n) is 3.40. The van der Waals surface area contributed by atoms with E-state index in [4.69, 9.17) is 9.47 Å². The number of ketones is 1. The average Bonchev–Trinajstić information content (AvgIpc) is 2.31. The topological polar surface area (TPSA) is 35.5 Å². The van der Waals surface area contributed by atoms with Crippen molar-refractivity contribution in [3.05, 3.63) is 11.5 Å². The molecular weight excluding hydrogens is 168 g/mol. The Hall–Kier alpha value is -0.990. The Balaban J connectivity index is 2.81. The van der Waals surface area contributed by atoms with E-state index in [1.165, 1.54) is 0 Å². The van der Waals surface area contributed by atoms with Crippen molar-refractivity contribution in [2.24, 2.45) is 0 Å². The van der Waals surface area contributed by atoms with E-state index >= 15 is 0 Å². The summed E-state index contributed by atoms with van der Waals surface area (Å²) in [5.41, 5.74) is 0. The molecule has 0 fully saturated rings. The van der Waals surface area contributed by atoms with Crippen molar-refractivity contribution in [3.63, 3.8) is 0 Å². The third kappa shape index (κ3) is 2.02. The molecule has 1 aliphatic rings. The van der Waals surface area contributed by atoms with Gasteiger partial charge in [0.05, 0.1) is 6.10 Å². The molecule has 1 rings (SSSR count). The van der Waals surface area contributed by atoms with Crippen LogP contribution in [0, 0.1) is 0 Å². The highest BCUT2D eigenvalue weighted by Gasteiger charge is 2.32. The zero-order chi connectivity index (χ0) is 10.0. The molecule has 0 aromatic rings. The number of carbonyl (C=O) groups is 1. The van der Waals surface area contributed by atoms with Crippen molar-refractivity contribution in [1.82, 2.24) is 0 Å². The van der Waals surface area contributed by atoms with E-state index in [2.05, 4.69) is 0 Å². The lowest BCUT2D eigenvalue weighted by Crippen LogP contribution is -2.16. The molecule has 1 atom stereocenters. The quantitative estimate of drug-likeness (QED) is 0.673. The number of hydrogen-bond acceptors (Lipinski definition) is 3. The largest absolute Gasteiger partial charge is 0.484 e. The van der Waals surface area contributed by atoms with Gasteiger partial charge in [-0.15, -0.1) is 0 Å². The lowest BCUT2D eigenvalue weighted by atomic mass is 10.2. The molecule has 3 nitrogen and oxygen atoms in total. The summed E-state index contributed by atoms with van der Waals surface area (Å²) in [5.74, 6) is 1.07. The highest BCUT2D eigenvalue weighted by molar-refractivity contribution is 5.99. The number of ether oxygens (including phenoxy) is 2. The first kappa shape index (κ1) is 10.1. The van der Waals surface area contributed by atoms with Crippen LogP contribution < -0.4 is 0 Å². The van der Waals surface area contributed by atoms with Crippen LogP contribution in [-0.2, 0) is 14.3 Å². The maximum Gasteiger partial charge on any atom is 0.240 e. The molecule has 1 unspecified atom stereocenters. The predicted molar refractivity (Wildman–Crippen MR) is 49.1 cm³/mol. The van der Waals surface area contributed by atoms with E-state index in [-0.39, 0.29) is 18.0 Å². The van der Waals surface area contributed by atoms with Crippen molar-refractivity contribution in [1.29, 1.82) is 0 Å². The average molecular weight is 184 g/mol. The van der Waals surface area contributed by atoms with E-state index in [0.717, 1.165) is 0 Å². The van der Waals surface area contributed by atoms with Crippen LogP contribution in [0.1, 0.15) is 34.1 Å². The third-order valence-corrected chi connectivity index (χ3v) is 1.84. The molecule has 0 spiro atoms. The van der Waals surface area contributed by atoms with Gasteiger partial charge >= 0.3 is 0 Å². The van der Waals surface area contributed by atoms with Gasteiger partial charge in [-0.05, 0) is 20.8 Å². The minimum atomic E-state index is -0.372. The van der Waals surface area contributed by atoms with Gasteiger partial charge in [0.15, 0.2) is 6.10 Å². The van der Waals surface area contributed by atoms with Gasteiger partial charge < -0.3 is 9.47 Å². The van der Waals surface area contributed by atoms with Gasteiger partial charge in [0, 0.05) is 6.42 Å². The zero-order valence-electron chi connectivity index (χ0n) is 8.59. The molecule has 13 heavy (non-hydrogen) atoms. The number of Topliss-reactive ketones (excluding diaryl/α,β-unsaturated/α-hetero) is 1. The van der Waals surface area contributed by atoms with Gasteiger partial charge in [-0.25, -0.2) is 0 Å². The van der Waals surface area contributed by atoms with Gasteiger partial charge in [-0.3, -0.25) is 4.79 Å². The predicted octanol–water partition coefficient (Wildman–Crippen LogP) is 2.02. The molecule has 1 heterocycles. The molecule has 0 bridgehead atoms. The molecule has 0 aliphatic carbocycles. The number of carbonyl (C=O) groups excluding carboxylic acids is 1. The molecule has 0 saturated heterocycles. The summed E-state index contributed by atoms with van der Waals surface area (Å²) < 4.78 is 10.7. The summed E-state index contributed by atoms with van der Waals surface area (Å²) in [6.07, 6.45) is 0.357. The standard InChI is InChI=1S/C10H16O3/c1-5-8-10(12-6(2)3)9(11)7(4)13-8/h6-7H,5H2,1-4H3. The first-order valence-corrected chi connectivity index (χ1v) is 4.67. The van der Waals surface area contributed by atoms with Crippen LogP contribution in [0.2, 0.25) is 0 Å². The van der Waals surface area contributed by atoms with Crippen molar-refractivity contribution in [2.75, 3.05) is 0 Å². The van der Waals surface area contributed by atoms with Gasteiger partial charge in [0.1, 0.15) is 5.76 Å². The Bertz CT molecular complexity index is 241. The lowest BCUT2D eigenvalue weighted by Gasteiger charge is -2.09. The van der Waals surface area contributed by atoms with Crippen molar-refractivity contribution >= 4 is 5.78 Å². The van der Waals surface area contributed by atoms with Gasteiger partial charge in [-0.1, -0.05) is 6.92 Å². The summed E-state index contributed by atoms with van der Waals surface area (Å²) >= 11 is 0. The van der Waals surface area contributed by atoms with Gasteiger partial charge in [-0.2, -0.15) is 0 Å². The monoisotopic (exact) mass is 184 g/mol. The molecule has 0 aromatic carbocycles. The van der Waals surface area contributed by atoms with Crippen LogP contribution in [0.15, 0.2) is 11.5 Å². The Morgan fingerprint density at radius 3 is 2.62 bits per heavy atom. The maximum atomic E-state index is 11.5. The van der Waals surface area contributed by atoms with E-state index in [0.29, 0.717) is 17.9 Å². The SMILES string of the molecule is CCC1=C(OC(C)C)C(=O)C(C)O1. The van der Waals surface area contributed by atoms with Crippen LogP contribution in [0.4, 0.5) is 0 Å². The maximum absolute atomic E-state index is 11.5. The van der Waals surface area contributed by atoms with E-state index in [1.807, 2.05) is 20.8 Å². The smallest absolute Gasteiger partial charge is 0.240 e. The van der Waals surface area contributed by atoms with Crippen molar-refractivity contribution in [2.45, 2.75) is 46.3 Å². The molecule has 3 heteroatoms. The summed E-state index contributed by atoms with van der Waals surface area (Å²) in [6, 6.07) is 0. The number of allylic oxidation sites excluding steroid dienone is 1. The molecule has 1 aliphatic heterocycles. The summed E-state index contributed by atoms with van der Waals surface area (Å²) in [7, 11) is 0. The molecule has 74 valence electrons. The normalized spacial score (nSPS) is 22.5. The molecular formula is C10H16O3. The van der Waals surface area contributed by atoms with Crippen molar-refractivity contribution < 1.29 is 14.3 Å². The third-order valence-electron chi connectivity index (χ3n) is 1.84. The highest BCUT2D eigenvalue weighted by atomic mass is 16.5. The summed E-state index contributed by atoms with van der Waals surface area (Å²) in [6.45, 7) is 7.49. The van der Waals surface area contributed by atoms with Crippen LogP contribution >= 0.6 is 0 Å². The molecule has 0 aromatic heterocycles. The minimum Gasteiger partial charge on any atom is -0.484 e. The first-order chi connectivity index (χ1) is 6.06. The van der Waals surface area contributed by atoms with Crippen LogP contribution in [0.5, 0.6) is 0 Å². The Morgan fingerprint density at radius 2 is 2.15 bits per heavy atom. The molecule has 0 radical (unpaired) electrons. The van der Waals surface area contributed by atoms with E-state index in [9.17, 15) is 4.79 Å². The van der Waals surface area contributed by atoms with Gasteiger partial charge in [0.25, 0.3) is 0 Å². The van der Waals surface area contributed by atoms with Crippen LogP contribution in [0.3, 0.4) is 0 Å². The minimum absolute atomic E-state index is 0.0226. The summed E-state index contributed by atoms with van der Waals surface area (Å²) in [5, 5.41) is 0. The molecule has 0 amide bonds. The molecule has 0 N–H and O–H groups in total. The Labute approximate surface area is 78.7 Å². The van der Waals surface area contributed by atoms with E-state index in [1.54, 1.807) is 6.92 Å². The number of rotatable bonds is 3. The second-order valence-corrected chi connectivity index (χ2v) is 3.40. The van der Waals surface area contributed by atoms with Gasteiger partial charge in [0.2, 0.25) is 11.5 Å².